The summed E-state index contributed by atoms with van der Waals surface area (Å²) in [5.41, 5.74) is 1.52. The number of rotatable bonds is 1. The highest BCUT2D eigenvalue weighted by Crippen LogP contribution is 2.55. The van der Waals surface area contributed by atoms with E-state index in [9.17, 15) is 9.18 Å². The largest absolute Gasteiger partial charge is 0.325 e. The second kappa shape index (κ2) is 3.10. The summed E-state index contributed by atoms with van der Waals surface area (Å²) in [7, 11) is 0. The molecule has 1 amide bonds. The van der Waals surface area contributed by atoms with Crippen LogP contribution in [0.4, 0.5) is 10.1 Å². The van der Waals surface area contributed by atoms with E-state index in [1.165, 1.54) is 6.07 Å². The standard InChI is InChI=1S/C13H13BrFNO/c1-12(2)8-5-9(15)7(13(14)3-4-13)6-10(8)16-11(12)17/h5-6H,3-4H2,1-2H3,(H,16,17). The molecule has 1 aliphatic carbocycles. The Balaban J connectivity index is 2.17. The van der Waals surface area contributed by atoms with Crippen molar-refractivity contribution in [1.29, 1.82) is 0 Å². The van der Waals surface area contributed by atoms with Gasteiger partial charge in [-0.2, -0.15) is 0 Å². The predicted octanol–water partition coefficient (Wildman–Crippen LogP) is 3.44. The van der Waals surface area contributed by atoms with E-state index in [0.29, 0.717) is 5.56 Å². The van der Waals surface area contributed by atoms with Crippen molar-refractivity contribution in [1.82, 2.24) is 0 Å². The van der Waals surface area contributed by atoms with E-state index >= 15 is 0 Å². The molecule has 2 aliphatic rings. The van der Waals surface area contributed by atoms with Gasteiger partial charge >= 0.3 is 0 Å². The first kappa shape index (κ1) is 11.2. The van der Waals surface area contributed by atoms with Crippen molar-refractivity contribution < 1.29 is 9.18 Å². The Bertz CT molecular complexity index is 534. The lowest BCUT2D eigenvalue weighted by Crippen LogP contribution is -2.26. The SMILES string of the molecule is CC1(C)C(=O)Nc2cc(C3(Br)CC3)c(F)cc21. The molecule has 2 nitrogen and oxygen atoms in total. The zero-order chi connectivity index (χ0) is 12.4. The summed E-state index contributed by atoms with van der Waals surface area (Å²) < 4.78 is 13.9. The zero-order valence-corrected chi connectivity index (χ0v) is 11.3. The maximum absolute atomic E-state index is 14.1. The third kappa shape index (κ3) is 1.46. The molecule has 3 rings (SSSR count). The molecule has 1 aromatic carbocycles. The second-order valence-corrected chi connectivity index (χ2v) is 6.94. The molecule has 1 aromatic rings. The Hall–Kier alpha value is -0.900. The minimum Gasteiger partial charge on any atom is -0.325 e. The van der Waals surface area contributed by atoms with E-state index in [2.05, 4.69) is 21.2 Å². The van der Waals surface area contributed by atoms with Crippen LogP contribution in [0.1, 0.15) is 37.8 Å². The van der Waals surface area contributed by atoms with Crippen LogP contribution in [0.3, 0.4) is 0 Å². The van der Waals surface area contributed by atoms with E-state index < -0.39 is 5.41 Å². The lowest BCUT2D eigenvalue weighted by Gasteiger charge is -2.16. The molecule has 90 valence electrons. The van der Waals surface area contributed by atoms with E-state index in [0.717, 1.165) is 24.1 Å². The Kier molecular flexibility index (Phi) is 2.05. The fourth-order valence-electron chi connectivity index (χ4n) is 2.32. The molecule has 1 N–H and O–H groups in total. The van der Waals surface area contributed by atoms with E-state index in [4.69, 9.17) is 0 Å². The van der Waals surface area contributed by atoms with Gasteiger partial charge in [-0.1, -0.05) is 15.9 Å². The second-order valence-electron chi connectivity index (χ2n) is 5.42. The van der Waals surface area contributed by atoms with Crippen molar-refractivity contribution in [3.63, 3.8) is 0 Å². The lowest BCUT2D eigenvalue weighted by molar-refractivity contribution is -0.119. The fraction of sp³-hybridized carbons (Fsp3) is 0.462. The number of halogens is 2. The molecule has 0 bridgehead atoms. The molecule has 0 unspecified atom stereocenters. The maximum atomic E-state index is 14.1. The van der Waals surface area contributed by atoms with Crippen LogP contribution < -0.4 is 5.32 Å². The van der Waals surface area contributed by atoms with Gasteiger partial charge in [0.1, 0.15) is 5.82 Å². The smallest absolute Gasteiger partial charge is 0.234 e. The number of amides is 1. The van der Waals surface area contributed by atoms with Crippen LogP contribution in [0.5, 0.6) is 0 Å². The van der Waals surface area contributed by atoms with Crippen LogP contribution in [-0.2, 0) is 14.5 Å². The number of fused-ring (bicyclic) bond motifs is 1. The van der Waals surface area contributed by atoms with Gasteiger partial charge in [-0.25, -0.2) is 4.39 Å². The highest BCUT2D eigenvalue weighted by molar-refractivity contribution is 9.09. The molecule has 0 aromatic heterocycles. The number of carbonyl (C=O) groups is 1. The third-order valence-corrected chi connectivity index (χ3v) is 4.99. The molecule has 0 radical (unpaired) electrons. The van der Waals surface area contributed by atoms with Crippen LogP contribution in [0.15, 0.2) is 12.1 Å². The van der Waals surface area contributed by atoms with Crippen molar-refractivity contribution in [2.24, 2.45) is 0 Å². The summed E-state index contributed by atoms with van der Waals surface area (Å²) in [6.07, 6.45) is 1.89. The molecule has 1 saturated carbocycles. The summed E-state index contributed by atoms with van der Waals surface area (Å²) in [6, 6.07) is 3.28. The first-order valence-electron chi connectivity index (χ1n) is 5.69. The van der Waals surface area contributed by atoms with Crippen molar-refractivity contribution in [3.8, 4) is 0 Å². The van der Waals surface area contributed by atoms with E-state index in [1.807, 2.05) is 13.8 Å². The highest BCUT2D eigenvalue weighted by atomic mass is 79.9. The number of alkyl halides is 1. The number of nitrogens with one attached hydrogen (secondary N) is 1. The van der Waals surface area contributed by atoms with Crippen molar-refractivity contribution in [2.75, 3.05) is 5.32 Å². The van der Waals surface area contributed by atoms with Crippen molar-refractivity contribution in [3.05, 3.63) is 29.1 Å². The van der Waals surface area contributed by atoms with Crippen LogP contribution in [0, 0.1) is 5.82 Å². The fourth-order valence-corrected chi connectivity index (χ4v) is 2.82. The Morgan fingerprint density at radius 3 is 2.53 bits per heavy atom. The molecule has 17 heavy (non-hydrogen) atoms. The molecule has 1 heterocycles. The normalized spacial score (nSPS) is 23.2. The molecule has 1 fully saturated rings. The van der Waals surface area contributed by atoms with Gasteiger partial charge in [0.25, 0.3) is 0 Å². The third-order valence-electron chi connectivity index (χ3n) is 3.77. The van der Waals surface area contributed by atoms with E-state index in [-0.39, 0.29) is 16.0 Å². The maximum Gasteiger partial charge on any atom is 0.234 e. The van der Waals surface area contributed by atoms with Gasteiger partial charge < -0.3 is 5.32 Å². The molecule has 0 saturated heterocycles. The first-order chi connectivity index (χ1) is 7.84. The number of benzene rings is 1. The zero-order valence-electron chi connectivity index (χ0n) is 9.73. The number of anilines is 1. The van der Waals surface area contributed by atoms with Gasteiger partial charge in [0.15, 0.2) is 0 Å². The molecular weight excluding hydrogens is 285 g/mol. The number of hydrogen-bond acceptors (Lipinski definition) is 1. The summed E-state index contributed by atoms with van der Waals surface area (Å²) in [5, 5.41) is 2.83. The molecule has 1 aliphatic heterocycles. The molecule has 0 atom stereocenters. The van der Waals surface area contributed by atoms with Gasteiger partial charge in [-0.15, -0.1) is 0 Å². The van der Waals surface area contributed by atoms with Crippen LogP contribution in [0.2, 0.25) is 0 Å². The van der Waals surface area contributed by atoms with E-state index in [1.54, 1.807) is 6.07 Å². The Morgan fingerprint density at radius 2 is 1.94 bits per heavy atom. The monoisotopic (exact) mass is 297 g/mol. The van der Waals surface area contributed by atoms with Gasteiger partial charge in [0.05, 0.1) is 9.74 Å². The minimum atomic E-state index is -0.641. The Labute approximate surface area is 108 Å². The summed E-state index contributed by atoms with van der Waals surface area (Å²) in [6.45, 7) is 3.63. The highest BCUT2D eigenvalue weighted by Gasteiger charge is 2.46. The first-order valence-corrected chi connectivity index (χ1v) is 6.49. The quantitative estimate of drug-likeness (QED) is 0.791. The molecular formula is C13H13BrFNO. The summed E-state index contributed by atoms with van der Waals surface area (Å²) in [4.78, 5) is 11.8. The summed E-state index contributed by atoms with van der Waals surface area (Å²) in [5.74, 6) is -0.286. The van der Waals surface area contributed by atoms with Crippen LogP contribution in [-0.4, -0.2) is 5.91 Å². The lowest BCUT2D eigenvalue weighted by atomic mass is 9.85. The van der Waals surface area contributed by atoms with Crippen molar-refractivity contribution >= 4 is 27.5 Å². The van der Waals surface area contributed by atoms with Crippen LogP contribution >= 0.6 is 15.9 Å². The van der Waals surface area contributed by atoms with Gasteiger partial charge in [-0.05, 0) is 44.4 Å². The topological polar surface area (TPSA) is 29.1 Å². The number of hydrogen-bond donors (Lipinski definition) is 1. The van der Waals surface area contributed by atoms with Gasteiger partial charge in [0, 0.05) is 11.3 Å². The summed E-state index contributed by atoms with van der Waals surface area (Å²) >= 11 is 3.55. The van der Waals surface area contributed by atoms with Gasteiger partial charge in [-0.3, -0.25) is 4.79 Å². The van der Waals surface area contributed by atoms with Gasteiger partial charge in [0.2, 0.25) is 5.91 Å². The predicted molar refractivity (Wildman–Crippen MR) is 67.9 cm³/mol. The van der Waals surface area contributed by atoms with Crippen molar-refractivity contribution in [2.45, 2.75) is 36.4 Å². The minimum absolute atomic E-state index is 0.0662. The van der Waals surface area contributed by atoms with Crippen LogP contribution in [0.25, 0.3) is 0 Å². The Morgan fingerprint density at radius 1 is 1.29 bits per heavy atom. The molecule has 4 heteroatoms. The number of carbonyl (C=O) groups excluding carboxylic acids is 1. The average molecular weight is 298 g/mol. The average Bonchev–Trinajstić information content (AvgIpc) is 2.94. The molecule has 0 spiro atoms.